The number of hydrogen-bond acceptors (Lipinski definition) is 4. The number of hydrogen-bond donors (Lipinski definition) is 3. The lowest BCUT2D eigenvalue weighted by atomic mass is 10.2. The number of amides is 2. The summed E-state index contributed by atoms with van der Waals surface area (Å²) in [5, 5.41) is 14.9. The fourth-order valence-electron chi connectivity index (χ4n) is 1.97. The van der Waals surface area contributed by atoms with Gasteiger partial charge in [-0.15, -0.1) is 0 Å². The zero-order valence-corrected chi connectivity index (χ0v) is 11.7. The number of pyridine rings is 1. The second-order valence-electron chi connectivity index (χ2n) is 5.17. The predicted molar refractivity (Wildman–Crippen MR) is 81.7 cm³/mol. The van der Waals surface area contributed by atoms with Gasteiger partial charge < -0.3 is 15.7 Å². The molecular formula is C16H15N3O3. The van der Waals surface area contributed by atoms with Gasteiger partial charge in [0.2, 0.25) is 5.91 Å². The molecule has 1 heterocycles. The number of nitrogens with one attached hydrogen (secondary N) is 2. The highest BCUT2D eigenvalue weighted by molar-refractivity contribution is 6.04. The first-order valence-electron chi connectivity index (χ1n) is 7.00. The van der Waals surface area contributed by atoms with E-state index in [1.54, 1.807) is 30.3 Å². The number of nitrogens with zero attached hydrogens (tertiary/aromatic N) is 1. The van der Waals surface area contributed by atoms with Gasteiger partial charge in [0, 0.05) is 23.4 Å². The molecule has 2 aromatic rings. The number of anilines is 2. The Kier molecular flexibility index (Phi) is 3.74. The summed E-state index contributed by atoms with van der Waals surface area (Å²) < 4.78 is 0. The van der Waals surface area contributed by atoms with Gasteiger partial charge in [0.15, 0.2) is 11.6 Å². The molecule has 6 nitrogen and oxygen atoms in total. The van der Waals surface area contributed by atoms with E-state index >= 15 is 0 Å². The summed E-state index contributed by atoms with van der Waals surface area (Å²) in [5.41, 5.74) is 1.07. The van der Waals surface area contributed by atoms with Gasteiger partial charge in [-0.3, -0.25) is 9.59 Å². The first-order chi connectivity index (χ1) is 10.6. The molecule has 3 rings (SSSR count). The third-order valence-corrected chi connectivity index (χ3v) is 3.38. The molecule has 1 aliphatic carbocycles. The number of aromatic nitrogens is 1. The van der Waals surface area contributed by atoms with E-state index in [0.29, 0.717) is 11.3 Å². The van der Waals surface area contributed by atoms with Crippen molar-refractivity contribution >= 4 is 23.3 Å². The summed E-state index contributed by atoms with van der Waals surface area (Å²) in [4.78, 5) is 27.6. The summed E-state index contributed by atoms with van der Waals surface area (Å²) in [6.07, 6.45) is 3.37. The van der Waals surface area contributed by atoms with Gasteiger partial charge in [-0.05, 0) is 49.2 Å². The standard InChI is InChI=1S/C16H15N3O3/c20-13-2-1-9-17-14(13)19-16(22)11-5-7-12(8-6-11)18-15(21)10-3-4-10/h1-2,5-10,20H,3-4H2,(H,18,21)(H,17,19,22). The molecule has 1 aromatic heterocycles. The average molecular weight is 297 g/mol. The molecule has 22 heavy (non-hydrogen) atoms. The second kappa shape index (κ2) is 5.85. The van der Waals surface area contributed by atoms with Crippen LogP contribution < -0.4 is 10.6 Å². The van der Waals surface area contributed by atoms with Crippen LogP contribution in [-0.4, -0.2) is 21.9 Å². The molecule has 0 spiro atoms. The Morgan fingerprint density at radius 2 is 1.82 bits per heavy atom. The second-order valence-corrected chi connectivity index (χ2v) is 5.17. The quantitative estimate of drug-likeness (QED) is 0.808. The SMILES string of the molecule is O=C(Nc1ncccc1O)c1ccc(NC(=O)C2CC2)cc1. The van der Waals surface area contributed by atoms with Crippen molar-refractivity contribution in [3.8, 4) is 5.75 Å². The van der Waals surface area contributed by atoms with E-state index < -0.39 is 0 Å². The topological polar surface area (TPSA) is 91.3 Å². The van der Waals surface area contributed by atoms with E-state index in [4.69, 9.17) is 0 Å². The van der Waals surface area contributed by atoms with Gasteiger partial charge in [-0.25, -0.2) is 4.98 Å². The molecule has 0 atom stereocenters. The lowest BCUT2D eigenvalue weighted by molar-refractivity contribution is -0.117. The van der Waals surface area contributed by atoms with Crippen LogP contribution >= 0.6 is 0 Å². The minimum atomic E-state index is -0.380. The third kappa shape index (κ3) is 3.22. The molecule has 0 aliphatic heterocycles. The maximum atomic E-state index is 12.1. The van der Waals surface area contributed by atoms with Gasteiger partial charge in [-0.1, -0.05) is 0 Å². The molecule has 112 valence electrons. The number of carbonyl (C=O) groups is 2. The van der Waals surface area contributed by atoms with Crippen molar-refractivity contribution in [2.45, 2.75) is 12.8 Å². The summed E-state index contributed by atoms with van der Waals surface area (Å²) in [7, 11) is 0. The van der Waals surface area contributed by atoms with Crippen LogP contribution in [0.1, 0.15) is 23.2 Å². The molecule has 1 saturated carbocycles. The normalized spacial score (nSPS) is 13.5. The number of aromatic hydroxyl groups is 1. The van der Waals surface area contributed by atoms with Crippen molar-refractivity contribution in [2.75, 3.05) is 10.6 Å². The highest BCUT2D eigenvalue weighted by Gasteiger charge is 2.29. The molecule has 2 amide bonds. The van der Waals surface area contributed by atoms with E-state index in [2.05, 4.69) is 15.6 Å². The number of carbonyl (C=O) groups excluding carboxylic acids is 2. The van der Waals surface area contributed by atoms with E-state index in [9.17, 15) is 14.7 Å². The monoisotopic (exact) mass is 297 g/mol. The maximum Gasteiger partial charge on any atom is 0.256 e. The van der Waals surface area contributed by atoms with Gasteiger partial charge in [0.25, 0.3) is 5.91 Å². The number of rotatable bonds is 4. The molecule has 0 unspecified atom stereocenters. The molecular weight excluding hydrogens is 282 g/mol. The fraction of sp³-hybridized carbons (Fsp3) is 0.188. The molecule has 0 saturated heterocycles. The lowest BCUT2D eigenvalue weighted by Gasteiger charge is -2.07. The Morgan fingerprint density at radius 3 is 2.45 bits per heavy atom. The average Bonchev–Trinajstić information content (AvgIpc) is 3.35. The van der Waals surface area contributed by atoms with Gasteiger partial charge in [0.05, 0.1) is 0 Å². The molecule has 1 aromatic carbocycles. The van der Waals surface area contributed by atoms with E-state index in [0.717, 1.165) is 12.8 Å². The van der Waals surface area contributed by atoms with Crippen LogP contribution in [0.25, 0.3) is 0 Å². The maximum absolute atomic E-state index is 12.1. The van der Waals surface area contributed by atoms with Gasteiger partial charge in [0.1, 0.15) is 0 Å². The van der Waals surface area contributed by atoms with E-state index in [1.807, 2.05) is 0 Å². The lowest BCUT2D eigenvalue weighted by Crippen LogP contribution is -2.15. The Bertz CT molecular complexity index is 709. The van der Waals surface area contributed by atoms with Crippen LogP contribution in [-0.2, 0) is 4.79 Å². The van der Waals surface area contributed by atoms with Crippen LogP contribution in [0.5, 0.6) is 5.75 Å². The number of benzene rings is 1. The Hall–Kier alpha value is -2.89. The highest BCUT2D eigenvalue weighted by atomic mass is 16.3. The van der Waals surface area contributed by atoms with Crippen molar-refractivity contribution < 1.29 is 14.7 Å². The van der Waals surface area contributed by atoms with Crippen molar-refractivity contribution in [2.24, 2.45) is 5.92 Å². The molecule has 1 aliphatic rings. The summed E-state index contributed by atoms with van der Waals surface area (Å²) in [5.74, 6) is -0.206. The van der Waals surface area contributed by atoms with Crippen molar-refractivity contribution in [3.05, 3.63) is 48.2 Å². The van der Waals surface area contributed by atoms with Crippen LogP contribution in [0.15, 0.2) is 42.6 Å². The molecule has 1 fully saturated rings. The third-order valence-electron chi connectivity index (χ3n) is 3.38. The predicted octanol–water partition coefficient (Wildman–Crippen LogP) is 2.39. The summed E-state index contributed by atoms with van der Waals surface area (Å²) in [6, 6.07) is 9.58. The molecule has 0 bridgehead atoms. The zero-order chi connectivity index (χ0) is 15.5. The largest absolute Gasteiger partial charge is 0.504 e. The van der Waals surface area contributed by atoms with Crippen LogP contribution in [0.4, 0.5) is 11.5 Å². The molecule has 3 N–H and O–H groups in total. The van der Waals surface area contributed by atoms with Crippen LogP contribution in [0, 0.1) is 5.92 Å². The first-order valence-corrected chi connectivity index (χ1v) is 7.00. The van der Waals surface area contributed by atoms with E-state index in [1.165, 1.54) is 12.3 Å². The smallest absolute Gasteiger partial charge is 0.256 e. The molecule has 6 heteroatoms. The summed E-state index contributed by atoms with van der Waals surface area (Å²) in [6.45, 7) is 0. The van der Waals surface area contributed by atoms with E-state index in [-0.39, 0.29) is 29.3 Å². The Balaban J connectivity index is 1.65. The Morgan fingerprint density at radius 1 is 1.09 bits per heavy atom. The van der Waals surface area contributed by atoms with Crippen molar-refractivity contribution in [3.63, 3.8) is 0 Å². The Labute approximate surface area is 127 Å². The van der Waals surface area contributed by atoms with Crippen molar-refractivity contribution in [1.82, 2.24) is 4.98 Å². The van der Waals surface area contributed by atoms with Gasteiger partial charge in [-0.2, -0.15) is 0 Å². The minimum absolute atomic E-state index is 0.0237. The van der Waals surface area contributed by atoms with Gasteiger partial charge >= 0.3 is 0 Å². The molecule has 0 radical (unpaired) electrons. The van der Waals surface area contributed by atoms with Crippen LogP contribution in [0.2, 0.25) is 0 Å². The summed E-state index contributed by atoms with van der Waals surface area (Å²) >= 11 is 0. The van der Waals surface area contributed by atoms with Crippen molar-refractivity contribution in [1.29, 1.82) is 0 Å². The zero-order valence-electron chi connectivity index (χ0n) is 11.7. The van der Waals surface area contributed by atoms with Crippen LogP contribution in [0.3, 0.4) is 0 Å². The first kappa shape index (κ1) is 14.1. The fourth-order valence-corrected chi connectivity index (χ4v) is 1.97. The minimum Gasteiger partial charge on any atom is -0.504 e. The highest BCUT2D eigenvalue weighted by Crippen LogP contribution is 2.30.